The highest BCUT2D eigenvalue weighted by atomic mass is 16.5. The summed E-state index contributed by atoms with van der Waals surface area (Å²) in [7, 11) is 3.03. The summed E-state index contributed by atoms with van der Waals surface area (Å²) in [5, 5.41) is 14.1. The Hall–Kier alpha value is -3.15. The molecule has 2 N–H and O–H groups in total. The minimum Gasteiger partial charge on any atom is -0.491 e. The molecule has 4 rings (SSSR count). The van der Waals surface area contributed by atoms with Crippen LogP contribution in [-0.2, 0) is 25.4 Å². The molecule has 11 nitrogen and oxygen atoms in total. The third-order valence-electron chi connectivity index (χ3n) is 6.70. The maximum atomic E-state index is 13.0. The Balaban J connectivity index is 1.52. The summed E-state index contributed by atoms with van der Waals surface area (Å²) >= 11 is 0. The summed E-state index contributed by atoms with van der Waals surface area (Å²) in [5.41, 5.74) is 1.91. The molecule has 0 amide bonds. The van der Waals surface area contributed by atoms with E-state index in [1.54, 1.807) is 11.6 Å². The van der Waals surface area contributed by atoms with Gasteiger partial charge in [-0.2, -0.15) is 4.98 Å². The van der Waals surface area contributed by atoms with E-state index >= 15 is 0 Å². The average Bonchev–Trinajstić information content (AvgIpc) is 3.23. The third-order valence-corrected chi connectivity index (χ3v) is 6.70. The lowest BCUT2D eigenvalue weighted by Gasteiger charge is -2.26. The van der Waals surface area contributed by atoms with Gasteiger partial charge in [-0.15, -0.1) is 0 Å². The number of ether oxygens (including phenoxy) is 2. The molecule has 0 saturated carbocycles. The lowest BCUT2D eigenvalue weighted by Crippen LogP contribution is -2.38. The number of aryl methyl sites for hydroxylation is 3. The number of morpholine rings is 1. The number of nitrogens with one attached hydrogen (secondary N) is 1. The molecule has 3 aromatic rings. The molecule has 1 saturated heterocycles. The minimum atomic E-state index is -0.903. The van der Waals surface area contributed by atoms with E-state index in [4.69, 9.17) is 9.47 Å². The topological polar surface area (TPSA) is 116 Å². The Morgan fingerprint density at radius 3 is 2.61 bits per heavy atom. The van der Waals surface area contributed by atoms with Gasteiger partial charge in [-0.1, -0.05) is 6.07 Å². The Bertz CT molecular complexity index is 1320. The quantitative estimate of drug-likeness (QED) is 0.390. The maximum Gasteiger partial charge on any atom is 0.332 e. The first-order valence-corrected chi connectivity index (χ1v) is 12.3. The first-order chi connectivity index (χ1) is 17.3. The van der Waals surface area contributed by atoms with E-state index in [-0.39, 0.29) is 24.3 Å². The number of hydrogen-bond donors (Lipinski definition) is 2. The molecule has 0 unspecified atom stereocenters. The first kappa shape index (κ1) is 25.9. The highest BCUT2D eigenvalue weighted by molar-refractivity contribution is 5.74. The van der Waals surface area contributed by atoms with Crippen molar-refractivity contribution in [3.63, 3.8) is 0 Å². The smallest absolute Gasteiger partial charge is 0.332 e. The Morgan fingerprint density at radius 2 is 1.89 bits per heavy atom. The van der Waals surface area contributed by atoms with Crippen LogP contribution in [0.3, 0.4) is 0 Å². The second-order valence-corrected chi connectivity index (χ2v) is 9.37. The van der Waals surface area contributed by atoms with Gasteiger partial charge >= 0.3 is 5.69 Å². The fourth-order valence-corrected chi connectivity index (χ4v) is 4.35. The van der Waals surface area contributed by atoms with Crippen LogP contribution < -0.4 is 21.3 Å². The van der Waals surface area contributed by atoms with Crippen LogP contribution in [0.4, 0.5) is 5.95 Å². The van der Waals surface area contributed by atoms with Gasteiger partial charge in [-0.05, 0) is 50.1 Å². The number of rotatable bonds is 10. The number of hydrogen-bond acceptors (Lipinski definition) is 8. The molecule has 1 fully saturated rings. The van der Waals surface area contributed by atoms with Crippen LogP contribution >= 0.6 is 0 Å². The molecule has 1 aliphatic rings. The number of aliphatic hydroxyl groups is 1. The Morgan fingerprint density at radius 1 is 1.14 bits per heavy atom. The summed E-state index contributed by atoms with van der Waals surface area (Å²) in [6.07, 6.45) is -0.0293. The van der Waals surface area contributed by atoms with E-state index in [9.17, 15) is 14.7 Å². The fourth-order valence-electron chi connectivity index (χ4n) is 4.35. The molecule has 0 bridgehead atoms. The van der Waals surface area contributed by atoms with Crippen LogP contribution in [0.5, 0.6) is 5.75 Å². The van der Waals surface area contributed by atoms with E-state index in [1.165, 1.54) is 17.2 Å². The molecule has 0 radical (unpaired) electrons. The number of aromatic nitrogens is 4. The number of benzene rings is 1. The molecule has 11 heteroatoms. The predicted molar refractivity (Wildman–Crippen MR) is 138 cm³/mol. The molecule has 0 spiro atoms. The zero-order chi connectivity index (χ0) is 25.8. The predicted octanol–water partition coefficient (Wildman–Crippen LogP) is 0.625. The van der Waals surface area contributed by atoms with Crippen molar-refractivity contribution in [1.29, 1.82) is 0 Å². The molecular formula is C25H36N6O5. The minimum absolute atomic E-state index is 0.0464. The number of aliphatic hydroxyl groups excluding tert-OH is 1. The summed E-state index contributed by atoms with van der Waals surface area (Å²) in [5.74, 6) is 1.11. The van der Waals surface area contributed by atoms with Crippen molar-refractivity contribution in [1.82, 2.24) is 23.6 Å². The van der Waals surface area contributed by atoms with Crippen molar-refractivity contribution in [2.75, 3.05) is 51.3 Å². The summed E-state index contributed by atoms with van der Waals surface area (Å²) in [4.78, 5) is 32.4. The normalized spacial score (nSPS) is 15.4. The van der Waals surface area contributed by atoms with Crippen molar-refractivity contribution in [3.8, 4) is 5.75 Å². The Kier molecular flexibility index (Phi) is 8.12. The van der Waals surface area contributed by atoms with Crippen LogP contribution in [0.25, 0.3) is 11.2 Å². The highest BCUT2D eigenvalue weighted by Gasteiger charge is 2.21. The van der Waals surface area contributed by atoms with Gasteiger partial charge in [-0.25, -0.2) is 4.79 Å². The number of imidazole rings is 1. The van der Waals surface area contributed by atoms with Gasteiger partial charge in [0.1, 0.15) is 18.5 Å². The monoisotopic (exact) mass is 500 g/mol. The van der Waals surface area contributed by atoms with Crippen LogP contribution in [0.15, 0.2) is 27.8 Å². The van der Waals surface area contributed by atoms with E-state index in [2.05, 4.69) is 15.2 Å². The average molecular weight is 501 g/mol. The van der Waals surface area contributed by atoms with Gasteiger partial charge < -0.3 is 24.5 Å². The summed E-state index contributed by atoms with van der Waals surface area (Å²) < 4.78 is 15.3. The van der Waals surface area contributed by atoms with E-state index in [0.29, 0.717) is 18.2 Å². The van der Waals surface area contributed by atoms with E-state index in [1.807, 2.05) is 32.0 Å². The zero-order valence-corrected chi connectivity index (χ0v) is 21.5. The van der Waals surface area contributed by atoms with Crippen LogP contribution in [0, 0.1) is 13.8 Å². The number of fused-ring (bicyclic) bond motifs is 1. The lowest BCUT2D eigenvalue weighted by molar-refractivity contribution is 0.0378. The first-order valence-electron chi connectivity index (χ1n) is 12.3. The molecule has 196 valence electrons. The molecule has 36 heavy (non-hydrogen) atoms. The van der Waals surface area contributed by atoms with Gasteiger partial charge in [0.15, 0.2) is 11.2 Å². The second kappa shape index (κ2) is 11.3. The number of nitrogens with zero attached hydrogens (tertiary/aromatic N) is 5. The third kappa shape index (κ3) is 5.63. The van der Waals surface area contributed by atoms with Crippen LogP contribution in [0.2, 0.25) is 0 Å². The Labute approximate surface area is 209 Å². The largest absolute Gasteiger partial charge is 0.491 e. The molecule has 0 aliphatic carbocycles. The van der Waals surface area contributed by atoms with Crippen molar-refractivity contribution >= 4 is 17.1 Å². The van der Waals surface area contributed by atoms with Crippen molar-refractivity contribution in [2.45, 2.75) is 32.9 Å². The van der Waals surface area contributed by atoms with Gasteiger partial charge in [-0.3, -0.25) is 18.8 Å². The van der Waals surface area contributed by atoms with Crippen molar-refractivity contribution in [3.05, 3.63) is 50.2 Å². The van der Waals surface area contributed by atoms with Gasteiger partial charge in [0, 0.05) is 33.7 Å². The molecule has 1 aliphatic heterocycles. The van der Waals surface area contributed by atoms with Gasteiger partial charge in [0.2, 0.25) is 5.95 Å². The highest BCUT2D eigenvalue weighted by Crippen LogP contribution is 2.19. The molecule has 2 aromatic heterocycles. The standard InChI is InChI=1S/C25H36N6O5/c1-17-6-7-20(14-18(17)2)36-16-19(32)15-31-21-22(28(3)25(34)29(4)23(21)33)27-24(31)26-8-5-9-30-10-12-35-13-11-30/h6-7,14,19,32H,5,8-13,15-16H2,1-4H3,(H,26,27)/t19-/m0/s1. The van der Waals surface area contributed by atoms with Crippen LogP contribution in [-0.4, -0.2) is 80.8 Å². The molecule has 3 heterocycles. The van der Waals surface area contributed by atoms with Gasteiger partial charge in [0.25, 0.3) is 5.56 Å². The van der Waals surface area contributed by atoms with Crippen LogP contribution in [0.1, 0.15) is 17.5 Å². The molecule has 1 atom stereocenters. The summed E-state index contributed by atoms with van der Waals surface area (Å²) in [6, 6.07) is 5.78. The fraction of sp³-hybridized carbons (Fsp3) is 0.560. The molecular weight excluding hydrogens is 464 g/mol. The summed E-state index contributed by atoms with van der Waals surface area (Å²) in [6.45, 7) is 9.06. The lowest BCUT2D eigenvalue weighted by atomic mass is 10.1. The SMILES string of the molecule is Cc1ccc(OC[C@@H](O)Cn2c(NCCCN3CCOCC3)nc3c2c(=O)n(C)c(=O)n3C)cc1C. The molecule has 1 aromatic carbocycles. The zero-order valence-electron chi connectivity index (χ0n) is 21.5. The van der Waals surface area contributed by atoms with E-state index in [0.717, 1.165) is 49.4 Å². The van der Waals surface area contributed by atoms with Gasteiger partial charge in [0.05, 0.1) is 19.8 Å². The van der Waals surface area contributed by atoms with Crippen molar-refractivity contribution < 1.29 is 14.6 Å². The van der Waals surface area contributed by atoms with Crippen molar-refractivity contribution in [2.24, 2.45) is 14.1 Å². The number of anilines is 1. The second-order valence-electron chi connectivity index (χ2n) is 9.37. The maximum absolute atomic E-state index is 13.0. The van der Waals surface area contributed by atoms with E-state index < -0.39 is 17.4 Å².